The number of rotatable bonds is 7. The Balaban J connectivity index is 0.951. The summed E-state index contributed by atoms with van der Waals surface area (Å²) in [4.78, 5) is 18.0. The lowest BCUT2D eigenvalue weighted by molar-refractivity contribution is 1.03. The fourth-order valence-corrected chi connectivity index (χ4v) is 10.8. The molecule has 6 heteroatoms. The Kier molecular flexibility index (Phi) is 8.71. The van der Waals surface area contributed by atoms with Crippen LogP contribution in [-0.4, -0.2) is 24.1 Å². The minimum Gasteiger partial charge on any atom is -0.295 e. The molecule has 1 aliphatic heterocycles. The van der Waals surface area contributed by atoms with Crippen LogP contribution in [-0.2, 0) is 0 Å². The highest BCUT2D eigenvalue weighted by Crippen LogP contribution is 2.52. The summed E-state index contributed by atoms with van der Waals surface area (Å²) in [5, 5.41) is 3.80. The molecule has 0 bridgehead atoms. The number of fused-ring (bicyclic) bond motifs is 7. The average molecular weight is 848 g/mol. The SMILES string of the molecule is c1ccc(-c2cc(-c3ccccc3)cc(-c3nc(-c4ccccc4)nc(-c4ccc(-c5cccc6c5Sc5cccc7c8c9ccccc9n(-c9ccccc9)c8n-6c57)cc4)n3)c2)cc1. The number of hydrogen-bond acceptors (Lipinski definition) is 4. The zero-order chi connectivity index (χ0) is 42.8. The smallest absolute Gasteiger partial charge is 0.164 e. The standard InChI is InChI=1S/C59H37N5S/c1-5-17-38(18-6-1)43-35-44(39-19-7-2-8-20-39)37-45(36-43)58-61-56(41-21-9-3-10-22-41)60-57(62-58)42-33-31-40(32-34-42)47-26-15-29-51-55(47)65-52-30-16-27-49-53-48-25-13-14-28-50(48)63(46-23-11-4-12-24-46)59(53)64(51)54(49)52/h1-37H. The molecule has 0 fully saturated rings. The van der Waals surface area contributed by atoms with Gasteiger partial charge in [0.1, 0.15) is 5.65 Å². The van der Waals surface area contributed by atoms with E-state index in [2.05, 4.69) is 215 Å². The van der Waals surface area contributed by atoms with Crippen LogP contribution in [0.2, 0.25) is 0 Å². The largest absolute Gasteiger partial charge is 0.295 e. The van der Waals surface area contributed by atoms with Gasteiger partial charge in [-0.05, 0) is 81.9 Å². The van der Waals surface area contributed by atoms with Gasteiger partial charge in [-0.25, -0.2) is 15.0 Å². The maximum absolute atomic E-state index is 5.23. The van der Waals surface area contributed by atoms with Gasteiger partial charge >= 0.3 is 0 Å². The molecule has 0 saturated carbocycles. The Hall–Kier alpha value is -8.32. The molecule has 1 aliphatic rings. The molecular weight excluding hydrogens is 811 g/mol. The second kappa shape index (κ2) is 15.2. The van der Waals surface area contributed by atoms with Crippen molar-refractivity contribution in [3.05, 3.63) is 224 Å². The first-order valence-corrected chi connectivity index (χ1v) is 22.7. The molecule has 5 nitrogen and oxygen atoms in total. The summed E-state index contributed by atoms with van der Waals surface area (Å²) >= 11 is 1.86. The van der Waals surface area contributed by atoms with Gasteiger partial charge in [-0.2, -0.15) is 0 Å². The molecule has 3 aromatic heterocycles. The van der Waals surface area contributed by atoms with Gasteiger partial charge < -0.3 is 0 Å². The third-order valence-corrected chi connectivity index (χ3v) is 13.7. The Morgan fingerprint density at radius 2 is 0.862 bits per heavy atom. The molecule has 0 amide bonds. The average Bonchev–Trinajstić information content (AvgIpc) is 3.91. The number of hydrogen-bond donors (Lipinski definition) is 0. The van der Waals surface area contributed by atoms with E-state index >= 15 is 0 Å². The van der Waals surface area contributed by atoms with Gasteiger partial charge in [0.25, 0.3) is 0 Å². The van der Waals surface area contributed by atoms with Crippen LogP contribution in [0.3, 0.4) is 0 Å². The summed E-state index contributed by atoms with van der Waals surface area (Å²) in [7, 11) is 0. The summed E-state index contributed by atoms with van der Waals surface area (Å²) in [5.74, 6) is 1.87. The van der Waals surface area contributed by atoms with Gasteiger partial charge in [0.2, 0.25) is 0 Å². The van der Waals surface area contributed by atoms with E-state index in [-0.39, 0.29) is 0 Å². The van der Waals surface area contributed by atoms with E-state index in [0.29, 0.717) is 17.5 Å². The summed E-state index contributed by atoms with van der Waals surface area (Å²) < 4.78 is 4.94. The Morgan fingerprint density at radius 3 is 1.52 bits per heavy atom. The molecular formula is C59H37N5S. The van der Waals surface area contributed by atoms with Crippen LogP contribution in [0, 0.1) is 0 Å². The highest BCUT2D eigenvalue weighted by atomic mass is 32.2. The molecule has 304 valence electrons. The highest BCUT2D eigenvalue weighted by Gasteiger charge is 2.29. The van der Waals surface area contributed by atoms with Crippen LogP contribution in [0.1, 0.15) is 0 Å². The van der Waals surface area contributed by atoms with Crippen LogP contribution < -0.4 is 0 Å². The maximum Gasteiger partial charge on any atom is 0.164 e. The molecule has 12 aromatic rings. The molecule has 4 heterocycles. The third-order valence-electron chi connectivity index (χ3n) is 12.5. The fourth-order valence-electron chi connectivity index (χ4n) is 9.57. The molecule has 0 spiro atoms. The van der Waals surface area contributed by atoms with Crippen molar-refractivity contribution in [1.82, 2.24) is 24.1 Å². The van der Waals surface area contributed by atoms with E-state index in [9.17, 15) is 0 Å². The molecule has 13 rings (SSSR count). The monoisotopic (exact) mass is 847 g/mol. The van der Waals surface area contributed by atoms with Crippen molar-refractivity contribution < 1.29 is 0 Å². The van der Waals surface area contributed by atoms with Crippen molar-refractivity contribution in [3.8, 4) is 78.9 Å². The number of para-hydroxylation sites is 3. The molecule has 0 atom stereocenters. The van der Waals surface area contributed by atoms with Crippen LogP contribution in [0.15, 0.2) is 234 Å². The summed E-state index contributed by atoms with van der Waals surface area (Å²) in [5.41, 5.74) is 15.5. The summed E-state index contributed by atoms with van der Waals surface area (Å²) in [6, 6.07) is 79.6. The van der Waals surface area contributed by atoms with Crippen molar-refractivity contribution in [1.29, 1.82) is 0 Å². The van der Waals surface area contributed by atoms with Crippen molar-refractivity contribution >= 4 is 44.6 Å². The molecule has 0 aliphatic carbocycles. The molecule has 0 unspecified atom stereocenters. The second-order valence-electron chi connectivity index (χ2n) is 16.4. The van der Waals surface area contributed by atoms with Gasteiger partial charge in [-0.3, -0.25) is 9.13 Å². The van der Waals surface area contributed by atoms with E-state index in [1.54, 1.807) is 0 Å². The van der Waals surface area contributed by atoms with Gasteiger partial charge in [0.05, 0.1) is 16.7 Å². The lowest BCUT2D eigenvalue weighted by atomic mass is 9.96. The predicted octanol–water partition coefficient (Wildman–Crippen LogP) is 15.4. The number of aromatic nitrogens is 5. The zero-order valence-corrected chi connectivity index (χ0v) is 35.8. The van der Waals surface area contributed by atoms with E-state index < -0.39 is 0 Å². The van der Waals surface area contributed by atoms with Crippen LogP contribution in [0.25, 0.3) is 112 Å². The van der Waals surface area contributed by atoms with Crippen LogP contribution >= 0.6 is 11.8 Å². The lowest BCUT2D eigenvalue weighted by Crippen LogP contribution is -2.06. The van der Waals surface area contributed by atoms with Crippen molar-refractivity contribution in [3.63, 3.8) is 0 Å². The van der Waals surface area contributed by atoms with Crippen LogP contribution in [0.5, 0.6) is 0 Å². The van der Waals surface area contributed by atoms with E-state index in [0.717, 1.165) is 50.2 Å². The third kappa shape index (κ3) is 6.21. The topological polar surface area (TPSA) is 48.5 Å². The number of benzene rings is 9. The van der Waals surface area contributed by atoms with Gasteiger partial charge in [0, 0.05) is 48.3 Å². The number of nitrogens with zero attached hydrogens (tertiary/aromatic N) is 5. The molecule has 9 aromatic carbocycles. The van der Waals surface area contributed by atoms with Gasteiger partial charge in [-0.1, -0.05) is 188 Å². The Morgan fingerprint density at radius 1 is 0.354 bits per heavy atom. The van der Waals surface area contributed by atoms with E-state index in [4.69, 9.17) is 15.0 Å². The zero-order valence-electron chi connectivity index (χ0n) is 35.0. The quantitative estimate of drug-likeness (QED) is 0.160. The summed E-state index contributed by atoms with van der Waals surface area (Å²) in [6.07, 6.45) is 0. The van der Waals surface area contributed by atoms with Crippen molar-refractivity contribution in [2.45, 2.75) is 9.79 Å². The summed E-state index contributed by atoms with van der Waals surface area (Å²) in [6.45, 7) is 0. The highest BCUT2D eigenvalue weighted by molar-refractivity contribution is 8.00. The molecule has 65 heavy (non-hydrogen) atoms. The van der Waals surface area contributed by atoms with Crippen molar-refractivity contribution in [2.75, 3.05) is 0 Å². The Labute approximate surface area is 380 Å². The second-order valence-corrected chi connectivity index (χ2v) is 17.5. The van der Waals surface area contributed by atoms with E-state index in [1.807, 2.05) is 30.0 Å². The van der Waals surface area contributed by atoms with Crippen molar-refractivity contribution in [2.24, 2.45) is 0 Å². The first-order chi connectivity index (χ1) is 32.2. The normalized spacial score (nSPS) is 11.9. The minimum atomic E-state index is 0.621. The van der Waals surface area contributed by atoms with Crippen LogP contribution in [0.4, 0.5) is 0 Å². The maximum atomic E-state index is 5.23. The predicted molar refractivity (Wildman–Crippen MR) is 268 cm³/mol. The first kappa shape index (κ1) is 37.3. The van der Waals surface area contributed by atoms with Gasteiger partial charge in [-0.15, -0.1) is 0 Å². The lowest BCUT2D eigenvalue weighted by Gasteiger charge is -2.23. The minimum absolute atomic E-state index is 0.621. The van der Waals surface area contributed by atoms with Gasteiger partial charge in [0.15, 0.2) is 17.5 Å². The molecule has 0 radical (unpaired) electrons. The fraction of sp³-hybridized carbons (Fsp3) is 0. The Bertz CT molecular complexity index is 3710. The van der Waals surface area contributed by atoms with E-state index in [1.165, 1.54) is 53.9 Å². The first-order valence-electron chi connectivity index (χ1n) is 21.9. The molecule has 0 N–H and O–H groups in total. The molecule has 0 saturated heterocycles.